The Morgan fingerprint density at radius 3 is 2.72 bits per heavy atom. The standard InChI is InChI=1S/C14H17N3S/c1-11(2)10-17-7-8-18-14(17)16-13-5-3-12(9-15)4-6-13/h3-6,11H,7-8,10H2,1-2H3/b16-14-. The van der Waals surface area contributed by atoms with Crippen LogP contribution in [0.3, 0.4) is 0 Å². The molecular formula is C14H17N3S. The number of aliphatic imine (C=N–C) groups is 1. The summed E-state index contributed by atoms with van der Waals surface area (Å²) in [6, 6.07) is 9.54. The molecule has 1 aromatic rings. The summed E-state index contributed by atoms with van der Waals surface area (Å²) in [5.74, 6) is 1.76. The Morgan fingerprint density at radius 1 is 1.39 bits per heavy atom. The summed E-state index contributed by atoms with van der Waals surface area (Å²) in [4.78, 5) is 7.00. The SMILES string of the molecule is CC(C)CN1CCS/C1=N\c1ccc(C#N)cc1. The van der Waals surface area contributed by atoms with Gasteiger partial charge < -0.3 is 4.90 Å². The van der Waals surface area contributed by atoms with Gasteiger partial charge in [-0.15, -0.1) is 0 Å². The van der Waals surface area contributed by atoms with Crippen molar-refractivity contribution in [3.05, 3.63) is 29.8 Å². The topological polar surface area (TPSA) is 39.4 Å². The van der Waals surface area contributed by atoms with E-state index in [1.165, 1.54) is 0 Å². The monoisotopic (exact) mass is 259 g/mol. The molecule has 94 valence electrons. The van der Waals surface area contributed by atoms with Gasteiger partial charge in [-0.1, -0.05) is 25.6 Å². The van der Waals surface area contributed by atoms with Crippen LogP contribution < -0.4 is 0 Å². The summed E-state index contributed by atoms with van der Waals surface area (Å²) in [6.45, 7) is 6.59. The molecule has 0 saturated carbocycles. The van der Waals surface area contributed by atoms with Gasteiger partial charge in [-0.2, -0.15) is 5.26 Å². The lowest BCUT2D eigenvalue weighted by Crippen LogP contribution is -2.28. The fourth-order valence-corrected chi connectivity index (χ4v) is 2.88. The van der Waals surface area contributed by atoms with Crippen LogP contribution in [0.2, 0.25) is 0 Å². The average molecular weight is 259 g/mol. The molecule has 0 N–H and O–H groups in total. The largest absolute Gasteiger partial charge is 0.350 e. The zero-order valence-electron chi connectivity index (χ0n) is 10.8. The van der Waals surface area contributed by atoms with Crippen molar-refractivity contribution in [1.82, 2.24) is 4.90 Å². The Kier molecular flexibility index (Phi) is 4.27. The van der Waals surface area contributed by atoms with Gasteiger partial charge in [-0.3, -0.25) is 0 Å². The lowest BCUT2D eigenvalue weighted by molar-refractivity contribution is 0.396. The molecule has 1 aliphatic heterocycles. The average Bonchev–Trinajstić information content (AvgIpc) is 2.77. The van der Waals surface area contributed by atoms with Crippen molar-refractivity contribution >= 4 is 22.6 Å². The number of thioether (sulfide) groups is 1. The van der Waals surface area contributed by atoms with E-state index < -0.39 is 0 Å². The molecular weight excluding hydrogens is 242 g/mol. The molecule has 1 heterocycles. The smallest absolute Gasteiger partial charge is 0.164 e. The van der Waals surface area contributed by atoms with E-state index in [-0.39, 0.29) is 0 Å². The molecule has 0 aromatic heterocycles. The van der Waals surface area contributed by atoms with Gasteiger partial charge in [0, 0.05) is 18.8 Å². The van der Waals surface area contributed by atoms with Crippen LogP contribution >= 0.6 is 11.8 Å². The third-order valence-electron chi connectivity index (χ3n) is 2.67. The van der Waals surface area contributed by atoms with Crippen molar-refractivity contribution in [3.8, 4) is 6.07 Å². The molecule has 18 heavy (non-hydrogen) atoms. The van der Waals surface area contributed by atoms with E-state index in [0.29, 0.717) is 11.5 Å². The molecule has 2 rings (SSSR count). The van der Waals surface area contributed by atoms with Crippen molar-refractivity contribution < 1.29 is 0 Å². The maximum atomic E-state index is 8.76. The molecule has 0 radical (unpaired) electrons. The number of benzene rings is 1. The van der Waals surface area contributed by atoms with Gasteiger partial charge in [-0.05, 0) is 30.2 Å². The van der Waals surface area contributed by atoms with Crippen LogP contribution in [-0.2, 0) is 0 Å². The van der Waals surface area contributed by atoms with Crippen molar-refractivity contribution in [2.24, 2.45) is 10.9 Å². The van der Waals surface area contributed by atoms with Crippen molar-refractivity contribution in [2.45, 2.75) is 13.8 Å². The highest BCUT2D eigenvalue weighted by Crippen LogP contribution is 2.23. The minimum atomic E-state index is 0.648. The Bertz CT molecular complexity index is 471. The fourth-order valence-electron chi connectivity index (χ4n) is 1.87. The third-order valence-corrected chi connectivity index (χ3v) is 3.66. The predicted octanol–water partition coefficient (Wildman–Crippen LogP) is 3.25. The first-order valence-corrected chi connectivity index (χ1v) is 7.14. The van der Waals surface area contributed by atoms with Gasteiger partial charge in [0.15, 0.2) is 5.17 Å². The lowest BCUT2D eigenvalue weighted by Gasteiger charge is -2.19. The van der Waals surface area contributed by atoms with Crippen LogP contribution in [0, 0.1) is 17.2 Å². The molecule has 0 bridgehead atoms. The number of hydrogen-bond acceptors (Lipinski definition) is 3. The van der Waals surface area contributed by atoms with Crippen molar-refractivity contribution in [2.75, 3.05) is 18.8 Å². The zero-order valence-corrected chi connectivity index (χ0v) is 11.6. The molecule has 1 fully saturated rings. The fraction of sp³-hybridized carbons (Fsp3) is 0.429. The second-order valence-electron chi connectivity index (χ2n) is 4.74. The van der Waals surface area contributed by atoms with E-state index >= 15 is 0 Å². The summed E-state index contributed by atoms with van der Waals surface area (Å²) >= 11 is 1.81. The summed E-state index contributed by atoms with van der Waals surface area (Å²) in [5.41, 5.74) is 1.60. The molecule has 0 spiro atoms. The second-order valence-corrected chi connectivity index (χ2v) is 5.80. The van der Waals surface area contributed by atoms with Crippen LogP contribution in [0.15, 0.2) is 29.3 Å². The van der Waals surface area contributed by atoms with Crippen molar-refractivity contribution in [3.63, 3.8) is 0 Å². The normalized spacial score (nSPS) is 17.4. The molecule has 0 amide bonds. The van der Waals surface area contributed by atoms with Crippen LogP contribution in [-0.4, -0.2) is 28.9 Å². The number of nitrogens with zero attached hydrogens (tertiary/aromatic N) is 3. The van der Waals surface area contributed by atoms with Crippen LogP contribution in [0.5, 0.6) is 0 Å². The second kappa shape index (κ2) is 5.92. The van der Waals surface area contributed by atoms with Gasteiger partial charge in [0.2, 0.25) is 0 Å². The van der Waals surface area contributed by atoms with Gasteiger partial charge in [0.25, 0.3) is 0 Å². The van der Waals surface area contributed by atoms with E-state index in [4.69, 9.17) is 5.26 Å². The van der Waals surface area contributed by atoms with E-state index in [1.807, 2.05) is 36.0 Å². The first-order valence-electron chi connectivity index (χ1n) is 6.15. The molecule has 0 aliphatic carbocycles. The molecule has 4 heteroatoms. The minimum absolute atomic E-state index is 0.648. The number of amidine groups is 1. The lowest BCUT2D eigenvalue weighted by atomic mass is 10.2. The van der Waals surface area contributed by atoms with Crippen LogP contribution in [0.25, 0.3) is 0 Å². The maximum Gasteiger partial charge on any atom is 0.164 e. The van der Waals surface area contributed by atoms with Crippen LogP contribution in [0.1, 0.15) is 19.4 Å². The number of hydrogen-bond donors (Lipinski definition) is 0. The number of rotatable bonds is 3. The highest BCUT2D eigenvalue weighted by Gasteiger charge is 2.19. The first-order chi connectivity index (χ1) is 8.69. The maximum absolute atomic E-state index is 8.76. The molecule has 0 atom stereocenters. The van der Waals surface area contributed by atoms with E-state index in [2.05, 4.69) is 29.8 Å². The molecule has 3 nitrogen and oxygen atoms in total. The Hall–Kier alpha value is -1.47. The molecule has 1 saturated heterocycles. The van der Waals surface area contributed by atoms with E-state index in [9.17, 15) is 0 Å². The minimum Gasteiger partial charge on any atom is -0.350 e. The van der Waals surface area contributed by atoms with E-state index in [0.717, 1.165) is 29.7 Å². The van der Waals surface area contributed by atoms with Crippen molar-refractivity contribution in [1.29, 1.82) is 5.26 Å². The summed E-state index contributed by atoms with van der Waals surface area (Å²) in [5, 5.41) is 9.86. The van der Waals surface area contributed by atoms with E-state index in [1.54, 1.807) is 0 Å². The molecule has 1 aliphatic rings. The Morgan fingerprint density at radius 2 is 2.11 bits per heavy atom. The Labute approximate surface area is 113 Å². The molecule has 0 unspecified atom stereocenters. The summed E-state index contributed by atoms with van der Waals surface area (Å²) in [6.07, 6.45) is 0. The van der Waals surface area contributed by atoms with Gasteiger partial charge in [0.05, 0.1) is 17.3 Å². The Balaban J connectivity index is 2.13. The summed E-state index contributed by atoms with van der Waals surface area (Å²) in [7, 11) is 0. The first kappa shape index (κ1) is 13.0. The number of nitriles is 1. The molecule has 1 aromatic carbocycles. The van der Waals surface area contributed by atoms with Gasteiger partial charge in [0.1, 0.15) is 0 Å². The predicted molar refractivity (Wildman–Crippen MR) is 77.1 cm³/mol. The van der Waals surface area contributed by atoms with Gasteiger partial charge >= 0.3 is 0 Å². The van der Waals surface area contributed by atoms with Gasteiger partial charge in [-0.25, -0.2) is 4.99 Å². The highest BCUT2D eigenvalue weighted by molar-refractivity contribution is 8.14. The summed E-state index contributed by atoms with van der Waals surface area (Å²) < 4.78 is 0. The van der Waals surface area contributed by atoms with Crippen LogP contribution in [0.4, 0.5) is 5.69 Å². The third kappa shape index (κ3) is 3.27. The highest BCUT2D eigenvalue weighted by atomic mass is 32.2. The zero-order chi connectivity index (χ0) is 13.0. The quantitative estimate of drug-likeness (QED) is 0.836.